The first kappa shape index (κ1) is 20.1. The molecule has 1 aromatic carbocycles. The van der Waals surface area contributed by atoms with Gasteiger partial charge in [-0.1, -0.05) is 30.3 Å². The summed E-state index contributed by atoms with van der Waals surface area (Å²) in [5.41, 5.74) is 1.79. The Labute approximate surface area is 174 Å². The number of nitrogens with zero attached hydrogens (tertiary/aromatic N) is 3. The van der Waals surface area contributed by atoms with Crippen LogP contribution in [0.1, 0.15) is 11.6 Å². The number of anilines is 2. The van der Waals surface area contributed by atoms with Crippen molar-refractivity contribution in [3.05, 3.63) is 48.2 Å². The Balaban J connectivity index is 1.41. The van der Waals surface area contributed by atoms with Crippen molar-refractivity contribution in [2.45, 2.75) is 6.04 Å². The molecular formula is C21H26N6O3. The van der Waals surface area contributed by atoms with E-state index in [1.165, 1.54) is 0 Å². The van der Waals surface area contributed by atoms with E-state index in [2.05, 4.69) is 30.7 Å². The molecule has 0 bridgehead atoms. The van der Waals surface area contributed by atoms with Gasteiger partial charge in [0.15, 0.2) is 5.82 Å². The smallest absolute Gasteiger partial charge is 0.320 e. The van der Waals surface area contributed by atoms with E-state index in [9.17, 15) is 4.79 Å². The van der Waals surface area contributed by atoms with Crippen LogP contribution in [0.2, 0.25) is 0 Å². The Bertz CT molecular complexity index is 987. The number of H-pyrrole nitrogens is 1. The molecule has 3 N–H and O–H groups in total. The number of amides is 2. The molecule has 3 aromatic rings. The molecule has 3 heterocycles. The fourth-order valence-corrected chi connectivity index (χ4v) is 3.68. The molecule has 0 aliphatic carbocycles. The number of hydrogen-bond acceptors (Lipinski definition) is 6. The molecule has 158 valence electrons. The van der Waals surface area contributed by atoms with Crippen LogP contribution >= 0.6 is 0 Å². The van der Waals surface area contributed by atoms with Crippen molar-refractivity contribution in [3.63, 3.8) is 0 Å². The fourth-order valence-electron chi connectivity index (χ4n) is 3.68. The van der Waals surface area contributed by atoms with Crippen molar-refractivity contribution in [1.82, 2.24) is 20.5 Å². The number of rotatable bonds is 8. The lowest BCUT2D eigenvalue weighted by Gasteiger charge is -2.39. The summed E-state index contributed by atoms with van der Waals surface area (Å²) in [5, 5.41) is 14.1. The minimum atomic E-state index is -0.349. The molecule has 2 amide bonds. The molecule has 0 saturated carbocycles. The summed E-state index contributed by atoms with van der Waals surface area (Å²) in [6.45, 7) is 2.95. The molecule has 30 heavy (non-hydrogen) atoms. The Morgan fingerprint density at radius 1 is 1.27 bits per heavy atom. The number of carbonyl (C=O) groups is 1. The highest BCUT2D eigenvalue weighted by molar-refractivity contribution is 5.94. The van der Waals surface area contributed by atoms with Gasteiger partial charge in [-0.3, -0.25) is 10.4 Å². The molecule has 1 aliphatic rings. The normalized spacial score (nSPS) is 15.1. The van der Waals surface area contributed by atoms with Crippen LogP contribution in [0.5, 0.6) is 0 Å². The number of methoxy groups -OCH3 is 2. The van der Waals surface area contributed by atoms with Crippen LogP contribution < -0.4 is 15.5 Å². The van der Waals surface area contributed by atoms with Crippen molar-refractivity contribution in [2.75, 3.05) is 50.7 Å². The Kier molecular flexibility index (Phi) is 6.10. The van der Waals surface area contributed by atoms with Crippen LogP contribution in [0.15, 0.2) is 42.6 Å². The summed E-state index contributed by atoms with van der Waals surface area (Å²) >= 11 is 0. The van der Waals surface area contributed by atoms with E-state index < -0.39 is 0 Å². The summed E-state index contributed by atoms with van der Waals surface area (Å²) in [5.74, 6) is 1.86. The highest BCUT2D eigenvalue weighted by Crippen LogP contribution is 2.30. The summed E-state index contributed by atoms with van der Waals surface area (Å²) < 4.78 is 10.4. The molecule has 0 spiro atoms. The highest BCUT2D eigenvalue weighted by Gasteiger charge is 2.29. The first-order valence-corrected chi connectivity index (χ1v) is 9.87. The van der Waals surface area contributed by atoms with Crippen LogP contribution in [0.4, 0.5) is 16.4 Å². The molecular weight excluding hydrogens is 384 g/mol. The van der Waals surface area contributed by atoms with Crippen LogP contribution in [0.3, 0.4) is 0 Å². The lowest BCUT2D eigenvalue weighted by molar-refractivity contribution is 0.137. The van der Waals surface area contributed by atoms with Gasteiger partial charge in [0.25, 0.3) is 0 Å². The highest BCUT2D eigenvalue weighted by atomic mass is 16.5. The minimum Gasteiger partial charge on any atom is -0.384 e. The maximum Gasteiger partial charge on any atom is 0.320 e. The van der Waals surface area contributed by atoms with Crippen LogP contribution in [0.25, 0.3) is 10.9 Å². The molecule has 1 atom stereocenters. The molecule has 9 nitrogen and oxygen atoms in total. The van der Waals surface area contributed by atoms with Gasteiger partial charge in [-0.15, -0.1) is 0 Å². The average Bonchev–Trinajstić information content (AvgIpc) is 3.13. The maximum atomic E-state index is 12.5. The molecule has 4 rings (SSSR count). The third-order valence-corrected chi connectivity index (χ3v) is 5.17. The van der Waals surface area contributed by atoms with Crippen molar-refractivity contribution < 1.29 is 14.3 Å². The average molecular weight is 410 g/mol. The lowest BCUT2D eigenvalue weighted by Crippen LogP contribution is -2.49. The first-order chi connectivity index (χ1) is 14.7. The number of nitrogens with one attached hydrogen (secondary N) is 3. The zero-order chi connectivity index (χ0) is 20.9. The third kappa shape index (κ3) is 4.37. The molecule has 1 aliphatic heterocycles. The molecule has 0 radical (unpaired) electrons. The number of hydrogen-bond donors (Lipinski definition) is 3. The van der Waals surface area contributed by atoms with Crippen LogP contribution in [-0.4, -0.2) is 61.7 Å². The second kappa shape index (κ2) is 9.10. The van der Waals surface area contributed by atoms with Crippen molar-refractivity contribution in [2.24, 2.45) is 5.92 Å². The standard InChI is InChI=1S/C21H26N6O3/c1-29-12-14-10-27(11-14)20-16-9-22-19(8-17(16)25-26-20)24-21(28)23-18(13-30-2)15-6-4-3-5-7-15/h3-9,14,18H,10-13H2,1-2H3,(H,25,26)(H2,22,23,24,28). The quantitative estimate of drug-likeness (QED) is 0.527. The predicted molar refractivity (Wildman–Crippen MR) is 115 cm³/mol. The number of fused-ring (bicyclic) bond motifs is 1. The molecule has 1 saturated heterocycles. The molecule has 2 aromatic heterocycles. The summed E-state index contributed by atoms with van der Waals surface area (Å²) in [4.78, 5) is 19.1. The second-order valence-electron chi connectivity index (χ2n) is 7.41. The number of pyridine rings is 1. The van der Waals surface area contributed by atoms with E-state index in [4.69, 9.17) is 9.47 Å². The third-order valence-electron chi connectivity index (χ3n) is 5.17. The van der Waals surface area contributed by atoms with Crippen LogP contribution in [-0.2, 0) is 9.47 Å². The Morgan fingerprint density at radius 2 is 2.07 bits per heavy atom. The maximum absolute atomic E-state index is 12.5. The van der Waals surface area contributed by atoms with E-state index in [-0.39, 0.29) is 12.1 Å². The van der Waals surface area contributed by atoms with Gasteiger partial charge < -0.3 is 19.7 Å². The summed E-state index contributed by atoms with van der Waals surface area (Å²) in [6, 6.07) is 10.9. The predicted octanol–water partition coefficient (Wildman–Crippen LogP) is 2.55. The Hall–Kier alpha value is -3.17. The number of aromatic amines is 1. The fraction of sp³-hybridized carbons (Fsp3) is 0.381. The number of urea groups is 1. The van der Waals surface area contributed by atoms with Crippen molar-refractivity contribution in [1.29, 1.82) is 0 Å². The van der Waals surface area contributed by atoms with Gasteiger partial charge in [-0.05, 0) is 5.56 Å². The summed E-state index contributed by atoms with van der Waals surface area (Å²) in [7, 11) is 3.33. The van der Waals surface area contributed by atoms with Gasteiger partial charge in [-0.2, -0.15) is 5.10 Å². The topological polar surface area (TPSA) is 104 Å². The number of benzene rings is 1. The molecule has 1 unspecified atom stereocenters. The van der Waals surface area contributed by atoms with Gasteiger partial charge in [-0.25, -0.2) is 9.78 Å². The van der Waals surface area contributed by atoms with Crippen LogP contribution in [0, 0.1) is 5.92 Å². The number of carbonyl (C=O) groups excluding carboxylic acids is 1. The summed E-state index contributed by atoms with van der Waals surface area (Å²) in [6.07, 6.45) is 1.73. The van der Waals surface area contributed by atoms with Gasteiger partial charge in [0.2, 0.25) is 0 Å². The van der Waals surface area contributed by atoms with Crippen molar-refractivity contribution in [3.8, 4) is 0 Å². The molecule has 9 heteroatoms. The van der Waals surface area contributed by atoms with Gasteiger partial charge in [0.05, 0.1) is 30.2 Å². The number of aromatic nitrogens is 3. The second-order valence-corrected chi connectivity index (χ2v) is 7.41. The van der Waals surface area contributed by atoms with Crippen molar-refractivity contribution >= 4 is 28.6 Å². The first-order valence-electron chi connectivity index (χ1n) is 9.87. The Morgan fingerprint density at radius 3 is 2.80 bits per heavy atom. The van der Waals surface area contributed by atoms with Gasteiger partial charge in [0, 0.05) is 45.5 Å². The minimum absolute atomic E-state index is 0.259. The van der Waals surface area contributed by atoms with E-state index >= 15 is 0 Å². The van der Waals surface area contributed by atoms with E-state index in [1.54, 1.807) is 26.5 Å². The van der Waals surface area contributed by atoms with Gasteiger partial charge in [0.1, 0.15) is 5.82 Å². The monoisotopic (exact) mass is 410 g/mol. The van der Waals surface area contributed by atoms with E-state index in [0.29, 0.717) is 18.3 Å². The SMILES string of the molecule is COCC1CN(c2n[nH]c3cc(NC(=O)NC(COC)c4ccccc4)ncc23)C1. The van der Waals surface area contributed by atoms with Gasteiger partial charge >= 0.3 is 6.03 Å². The van der Waals surface area contributed by atoms with E-state index in [1.807, 2.05) is 30.3 Å². The lowest BCUT2D eigenvalue weighted by atomic mass is 10.0. The zero-order valence-electron chi connectivity index (χ0n) is 17.1. The zero-order valence-corrected chi connectivity index (χ0v) is 17.1. The van der Waals surface area contributed by atoms with E-state index in [0.717, 1.165) is 42.0 Å². The molecule has 1 fully saturated rings. The number of ether oxygens (including phenoxy) is 2. The largest absolute Gasteiger partial charge is 0.384 e.